The lowest BCUT2D eigenvalue weighted by Gasteiger charge is -2.13. The van der Waals surface area contributed by atoms with Gasteiger partial charge in [0.25, 0.3) is 0 Å². The zero-order valence-corrected chi connectivity index (χ0v) is 9.60. The third-order valence-electron chi connectivity index (χ3n) is 2.21. The van der Waals surface area contributed by atoms with Crippen molar-refractivity contribution in [2.24, 2.45) is 0 Å². The van der Waals surface area contributed by atoms with E-state index in [1.54, 1.807) is 0 Å². The Bertz CT molecular complexity index is 367. The molecule has 1 atom stereocenters. The molecule has 1 aromatic carbocycles. The van der Waals surface area contributed by atoms with Gasteiger partial charge in [0.2, 0.25) is 0 Å². The first-order chi connectivity index (χ1) is 7.61. The molecule has 0 heterocycles. The quantitative estimate of drug-likeness (QED) is 0.747. The Balaban J connectivity index is 2.70. The number of benzene rings is 1. The maximum Gasteiger partial charge on any atom is 0.325 e. The van der Waals surface area contributed by atoms with Crippen LogP contribution in [0.1, 0.15) is 25.5 Å². The maximum absolute atomic E-state index is 11.1. The number of carboxylic acid groups (broad SMARTS) is 1. The molecule has 0 fully saturated rings. The van der Waals surface area contributed by atoms with E-state index in [2.05, 4.69) is 5.32 Å². The van der Waals surface area contributed by atoms with Crippen molar-refractivity contribution in [1.29, 1.82) is 0 Å². The Hall–Kier alpha value is -1.61. The number of carboxylic acids is 1. The van der Waals surface area contributed by atoms with Crippen molar-refractivity contribution in [2.45, 2.75) is 19.9 Å². The second kappa shape index (κ2) is 6.08. The summed E-state index contributed by atoms with van der Waals surface area (Å²) in [6.07, 6.45) is 1.97. The molecule has 0 aromatic heterocycles. The standard InChI is InChI=1S/C13H17NO2/c1-10(2)8-9-14-12(13(15)16)11-6-4-3-5-7-11/h3-8,12,14H,9H2,1-2H3,(H,15,16). The van der Waals surface area contributed by atoms with Gasteiger partial charge in [-0.25, -0.2) is 0 Å². The summed E-state index contributed by atoms with van der Waals surface area (Å²) in [6.45, 7) is 4.54. The van der Waals surface area contributed by atoms with Crippen molar-refractivity contribution in [3.63, 3.8) is 0 Å². The van der Waals surface area contributed by atoms with Crippen LogP contribution in [0.15, 0.2) is 42.0 Å². The topological polar surface area (TPSA) is 49.3 Å². The molecule has 1 unspecified atom stereocenters. The Kier molecular flexibility index (Phi) is 4.73. The summed E-state index contributed by atoms with van der Waals surface area (Å²) in [5.74, 6) is -0.853. The van der Waals surface area contributed by atoms with Gasteiger partial charge in [0, 0.05) is 6.54 Å². The largest absolute Gasteiger partial charge is 0.480 e. The van der Waals surface area contributed by atoms with Crippen LogP contribution < -0.4 is 5.32 Å². The van der Waals surface area contributed by atoms with E-state index in [9.17, 15) is 4.79 Å². The Morgan fingerprint density at radius 2 is 2.00 bits per heavy atom. The molecule has 86 valence electrons. The van der Waals surface area contributed by atoms with E-state index in [0.29, 0.717) is 6.54 Å². The van der Waals surface area contributed by atoms with Crippen molar-refractivity contribution >= 4 is 5.97 Å². The highest BCUT2D eigenvalue weighted by Gasteiger charge is 2.17. The number of allylic oxidation sites excluding steroid dienone is 1. The number of rotatable bonds is 5. The fraction of sp³-hybridized carbons (Fsp3) is 0.308. The SMILES string of the molecule is CC(C)=CCNC(C(=O)O)c1ccccc1. The van der Waals surface area contributed by atoms with E-state index in [-0.39, 0.29) is 0 Å². The Morgan fingerprint density at radius 3 is 2.50 bits per heavy atom. The van der Waals surface area contributed by atoms with Crippen molar-refractivity contribution in [1.82, 2.24) is 5.32 Å². The van der Waals surface area contributed by atoms with E-state index in [0.717, 1.165) is 5.56 Å². The highest BCUT2D eigenvalue weighted by atomic mass is 16.4. The van der Waals surface area contributed by atoms with E-state index in [1.807, 2.05) is 50.3 Å². The van der Waals surface area contributed by atoms with Crippen molar-refractivity contribution in [3.05, 3.63) is 47.5 Å². The second-order valence-corrected chi connectivity index (χ2v) is 3.87. The summed E-state index contributed by atoms with van der Waals surface area (Å²) in [6, 6.07) is 8.54. The van der Waals surface area contributed by atoms with Crippen LogP contribution in [0.3, 0.4) is 0 Å². The van der Waals surface area contributed by atoms with Gasteiger partial charge >= 0.3 is 5.97 Å². The van der Waals surface area contributed by atoms with Gasteiger partial charge in [0.1, 0.15) is 6.04 Å². The van der Waals surface area contributed by atoms with Crippen LogP contribution in [-0.4, -0.2) is 17.6 Å². The average Bonchev–Trinajstić information content (AvgIpc) is 2.25. The van der Waals surface area contributed by atoms with E-state index < -0.39 is 12.0 Å². The van der Waals surface area contributed by atoms with Crippen LogP contribution in [0.2, 0.25) is 0 Å². The van der Waals surface area contributed by atoms with E-state index in [4.69, 9.17) is 5.11 Å². The monoisotopic (exact) mass is 219 g/mol. The minimum absolute atomic E-state index is 0.564. The molecule has 0 aliphatic carbocycles. The van der Waals surface area contributed by atoms with Gasteiger partial charge in [-0.15, -0.1) is 0 Å². The normalized spacial score (nSPS) is 11.9. The smallest absolute Gasteiger partial charge is 0.325 e. The second-order valence-electron chi connectivity index (χ2n) is 3.87. The Morgan fingerprint density at radius 1 is 1.38 bits per heavy atom. The molecule has 16 heavy (non-hydrogen) atoms. The van der Waals surface area contributed by atoms with Gasteiger partial charge in [-0.1, -0.05) is 42.0 Å². The molecule has 0 aliphatic heterocycles. The van der Waals surface area contributed by atoms with Gasteiger partial charge in [0.05, 0.1) is 0 Å². The van der Waals surface area contributed by atoms with Crippen molar-refractivity contribution in [2.75, 3.05) is 6.54 Å². The van der Waals surface area contributed by atoms with Crippen LogP contribution in [0, 0.1) is 0 Å². The van der Waals surface area contributed by atoms with Crippen molar-refractivity contribution < 1.29 is 9.90 Å². The van der Waals surface area contributed by atoms with Gasteiger partial charge in [0.15, 0.2) is 0 Å². The van der Waals surface area contributed by atoms with Gasteiger partial charge < -0.3 is 5.11 Å². The average molecular weight is 219 g/mol. The minimum Gasteiger partial charge on any atom is -0.480 e. The van der Waals surface area contributed by atoms with Crippen LogP contribution in [0.5, 0.6) is 0 Å². The third-order valence-corrected chi connectivity index (χ3v) is 2.21. The summed E-state index contributed by atoms with van der Waals surface area (Å²) < 4.78 is 0. The molecule has 0 amide bonds. The summed E-state index contributed by atoms with van der Waals surface area (Å²) in [7, 11) is 0. The maximum atomic E-state index is 11.1. The van der Waals surface area contributed by atoms with Crippen LogP contribution in [-0.2, 0) is 4.79 Å². The predicted octanol–water partition coefficient (Wildman–Crippen LogP) is 2.37. The molecule has 3 heteroatoms. The van der Waals surface area contributed by atoms with E-state index in [1.165, 1.54) is 5.57 Å². The number of aliphatic carboxylic acids is 1. The lowest BCUT2D eigenvalue weighted by atomic mass is 10.1. The molecule has 1 aromatic rings. The molecule has 3 nitrogen and oxygen atoms in total. The minimum atomic E-state index is -0.853. The molecule has 0 saturated carbocycles. The molecule has 2 N–H and O–H groups in total. The third kappa shape index (κ3) is 3.87. The molecular formula is C13H17NO2. The molecule has 0 bridgehead atoms. The molecule has 1 rings (SSSR count). The number of carbonyl (C=O) groups is 1. The number of hydrogen-bond acceptors (Lipinski definition) is 2. The van der Waals surface area contributed by atoms with Gasteiger partial charge in [-0.3, -0.25) is 10.1 Å². The van der Waals surface area contributed by atoms with Crippen LogP contribution in [0.25, 0.3) is 0 Å². The number of hydrogen-bond donors (Lipinski definition) is 2. The molecular weight excluding hydrogens is 202 g/mol. The first kappa shape index (κ1) is 12.5. The fourth-order valence-electron chi connectivity index (χ4n) is 1.37. The zero-order valence-electron chi connectivity index (χ0n) is 9.60. The lowest BCUT2D eigenvalue weighted by molar-refractivity contribution is -0.139. The Labute approximate surface area is 95.8 Å². The molecule has 0 saturated heterocycles. The highest BCUT2D eigenvalue weighted by Crippen LogP contribution is 2.12. The first-order valence-corrected chi connectivity index (χ1v) is 5.25. The summed E-state index contributed by atoms with van der Waals surface area (Å²) >= 11 is 0. The zero-order chi connectivity index (χ0) is 12.0. The summed E-state index contributed by atoms with van der Waals surface area (Å²) in [5, 5.41) is 12.1. The predicted molar refractivity (Wildman–Crippen MR) is 64.3 cm³/mol. The summed E-state index contributed by atoms with van der Waals surface area (Å²) in [5.41, 5.74) is 1.95. The van der Waals surface area contributed by atoms with Crippen LogP contribution in [0.4, 0.5) is 0 Å². The molecule has 0 spiro atoms. The first-order valence-electron chi connectivity index (χ1n) is 5.25. The van der Waals surface area contributed by atoms with Crippen LogP contribution >= 0.6 is 0 Å². The fourth-order valence-corrected chi connectivity index (χ4v) is 1.37. The highest BCUT2D eigenvalue weighted by molar-refractivity contribution is 5.75. The van der Waals surface area contributed by atoms with Crippen molar-refractivity contribution in [3.8, 4) is 0 Å². The molecule has 0 aliphatic rings. The van der Waals surface area contributed by atoms with Gasteiger partial charge in [-0.2, -0.15) is 0 Å². The molecule has 0 radical (unpaired) electrons. The van der Waals surface area contributed by atoms with Gasteiger partial charge in [-0.05, 0) is 19.4 Å². The number of nitrogens with one attached hydrogen (secondary N) is 1. The van der Waals surface area contributed by atoms with E-state index >= 15 is 0 Å². The summed E-state index contributed by atoms with van der Waals surface area (Å²) in [4.78, 5) is 11.1. The lowest BCUT2D eigenvalue weighted by Crippen LogP contribution is -2.28.